The second-order valence-corrected chi connectivity index (χ2v) is 4.98. The number of benzene rings is 1. The summed E-state index contributed by atoms with van der Waals surface area (Å²) in [5, 5.41) is 4.18. The van der Waals surface area contributed by atoms with Crippen molar-refractivity contribution >= 4 is 16.8 Å². The first kappa shape index (κ1) is 12.7. The standard InChI is InChI=1S/C15H20N2O/c1-4-13(10(2)3)17-15(18)12-7-5-6-11-8-9-16-14(11)12/h5-10,13,16H,4H2,1-3H3,(H,17,18). The van der Waals surface area contributed by atoms with Crippen molar-refractivity contribution in [2.75, 3.05) is 0 Å². The normalized spacial score (nSPS) is 12.9. The van der Waals surface area contributed by atoms with Crippen LogP contribution in [0.5, 0.6) is 0 Å². The lowest BCUT2D eigenvalue weighted by Crippen LogP contribution is -2.38. The lowest BCUT2D eigenvalue weighted by molar-refractivity contribution is 0.0926. The smallest absolute Gasteiger partial charge is 0.253 e. The van der Waals surface area contributed by atoms with Crippen LogP contribution in [0.1, 0.15) is 37.6 Å². The Morgan fingerprint density at radius 3 is 2.78 bits per heavy atom. The molecule has 0 saturated carbocycles. The highest BCUT2D eigenvalue weighted by atomic mass is 16.1. The molecule has 0 saturated heterocycles. The maximum atomic E-state index is 12.3. The first-order valence-corrected chi connectivity index (χ1v) is 6.50. The van der Waals surface area contributed by atoms with Crippen LogP contribution in [0, 0.1) is 5.92 Å². The molecule has 1 amide bonds. The summed E-state index contributed by atoms with van der Waals surface area (Å²) < 4.78 is 0. The van der Waals surface area contributed by atoms with Gasteiger partial charge in [0.25, 0.3) is 5.91 Å². The van der Waals surface area contributed by atoms with Crippen LogP contribution in [0.4, 0.5) is 0 Å². The van der Waals surface area contributed by atoms with E-state index in [0.717, 1.165) is 22.9 Å². The molecular weight excluding hydrogens is 224 g/mol. The Labute approximate surface area is 108 Å². The van der Waals surface area contributed by atoms with Crippen molar-refractivity contribution in [1.82, 2.24) is 10.3 Å². The van der Waals surface area contributed by atoms with Crippen molar-refractivity contribution in [3.05, 3.63) is 36.0 Å². The first-order chi connectivity index (χ1) is 8.63. The molecule has 0 spiro atoms. The molecule has 1 aromatic carbocycles. The molecule has 0 radical (unpaired) electrons. The zero-order valence-electron chi connectivity index (χ0n) is 11.2. The highest BCUT2D eigenvalue weighted by Gasteiger charge is 2.17. The first-order valence-electron chi connectivity index (χ1n) is 6.50. The summed E-state index contributed by atoms with van der Waals surface area (Å²) in [7, 11) is 0. The maximum absolute atomic E-state index is 12.3. The lowest BCUT2D eigenvalue weighted by atomic mass is 10.0. The number of fused-ring (bicyclic) bond motifs is 1. The summed E-state index contributed by atoms with van der Waals surface area (Å²) in [6.45, 7) is 6.35. The fraction of sp³-hybridized carbons (Fsp3) is 0.400. The minimum atomic E-state index is 0.00333. The number of para-hydroxylation sites is 1. The van der Waals surface area contributed by atoms with Crippen LogP contribution in [-0.2, 0) is 0 Å². The van der Waals surface area contributed by atoms with Gasteiger partial charge in [-0.2, -0.15) is 0 Å². The molecule has 0 bridgehead atoms. The molecule has 3 heteroatoms. The third-order valence-electron chi connectivity index (χ3n) is 3.39. The molecule has 2 aromatic rings. The van der Waals surface area contributed by atoms with Crippen molar-refractivity contribution in [3.63, 3.8) is 0 Å². The zero-order chi connectivity index (χ0) is 13.1. The Balaban J connectivity index is 2.26. The SMILES string of the molecule is CCC(NC(=O)c1cccc2cc[nH]c12)C(C)C. The van der Waals surface area contributed by atoms with Gasteiger partial charge in [-0.15, -0.1) is 0 Å². The lowest BCUT2D eigenvalue weighted by Gasteiger charge is -2.20. The largest absolute Gasteiger partial charge is 0.361 e. The number of aromatic amines is 1. The molecule has 1 unspecified atom stereocenters. The highest BCUT2D eigenvalue weighted by molar-refractivity contribution is 6.05. The van der Waals surface area contributed by atoms with Gasteiger partial charge in [-0.1, -0.05) is 32.9 Å². The van der Waals surface area contributed by atoms with Gasteiger partial charge in [-0.3, -0.25) is 4.79 Å². The predicted octanol–water partition coefficient (Wildman–Crippen LogP) is 3.33. The highest BCUT2D eigenvalue weighted by Crippen LogP contribution is 2.17. The van der Waals surface area contributed by atoms with Gasteiger partial charge < -0.3 is 10.3 Å². The number of aromatic nitrogens is 1. The minimum Gasteiger partial charge on any atom is -0.361 e. The summed E-state index contributed by atoms with van der Waals surface area (Å²) in [4.78, 5) is 15.4. The Kier molecular flexibility index (Phi) is 3.70. The Morgan fingerprint density at radius 2 is 2.11 bits per heavy atom. The summed E-state index contributed by atoms with van der Waals surface area (Å²) >= 11 is 0. The third-order valence-corrected chi connectivity index (χ3v) is 3.39. The Hall–Kier alpha value is -1.77. The van der Waals surface area contributed by atoms with Gasteiger partial charge >= 0.3 is 0 Å². The zero-order valence-corrected chi connectivity index (χ0v) is 11.2. The van der Waals surface area contributed by atoms with Gasteiger partial charge in [0.05, 0.1) is 11.1 Å². The van der Waals surface area contributed by atoms with Crippen molar-refractivity contribution in [3.8, 4) is 0 Å². The molecule has 0 aliphatic carbocycles. The Bertz CT molecular complexity index is 542. The quantitative estimate of drug-likeness (QED) is 0.851. The van der Waals surface area contributed by atoms with E-state index in [1.54, 1.807) is 0 Å². The van der Waals surface area contributed by atoms with Crippen LogP contribution in [-0.4, -0.2) is 16.9 Å². The summed E-state index contributed by atoms with van der Waals surface area (Å²) in [5.41, 5.74) is 1.63. The predicted molar refractivity (Wildman–Crippen MR) is 74.7 cm³/mol. The van der Waals surface area contributed by atoms with Gasteiger partial charge in [0, 0.05) is 17.6 Å². The van der Waals surface area contributed by atoms with E-state index in [1.165, 1.54) is 0 Å². The van der Waals surface area contributed by atoms with E-state index in [1.807, 2.05) is 30.5 Å². The average molecular weight is 244 g/mol. The van der Waals surface area contributed by atoms with E-state index < -0.39 is 0 Å². The van der Waals surface area contributed by atoms with Gasteiger partial charge in [-0.25, -0.2) is 0 Å². The summed E-state index contributed by atoms with van der Waals surface area (Å²) in [6.07, 6.45) is 2.81. The molecule has 1 aromatic heterocycles. The van der Waals surface area contributed by atoms with Crippen molar-refractivity contribution in [1.29, 1.82) is 0 Å². The third kappa shape index (κ3) is 2.40. The fourth-order valence-corrected chi connectivity index (χ4v) is 2.26. The van der Waals surface area contributed by atoms with Gasteiger partial charge in [0.15, 0.2) is 0 Å². The van der Waals surface area contributed by atoms with E-state index in [0.29, 0.717) is 5.92 Å². The van der Waals surface area contributed by atoms with Crippen molar-refractivity contribution in [2.24, 2.45) is 5.92 Å². The molecule has 18 heavy (non-hydrogen) atoms. The topological polar surface area (TPSA) is 44.9 Å². The van der Waals surface area contributed by atoms with E-state index in [2.05, 4.69) is 31.1 Å². The van der Waals surface area contributed by atoms with E-state index >= 15 is 0 Å². The van der Waals surface area contributed by atoms with E-state index in [4.69, 9.17) is 0 Å². The molecule has 0 aliphatic heterocycles. The molecular formula is C15H20N2O. The van der Waals surface area contributed by atoms with Crippen LogP contribution >= 0.6 is 0 Å². The number of nitrogens with one attached hydrogen (secondary N) is 2. The van der Waals surface area contributed by atoms with Crippen LogP contribution < -0.4 is 5.32 Å². The molecule has 2 rings (SSSR count). The average Bonchev–Trinajstić information content (AvgIpc) is 2.82. The van der Waals surface area contributed by atoms with Crippen molar-refractivity contribution in [2.45, 2.75) is 33.2 Å². The van der Waals surface area contributed by atoms with E-state index in [-0.39, 0.29) is 11.9 Å². The second-order valence-electron chi connectivity index (χ2n) is 4.98. The fourth-order valence-electron chi connectivity index (χ4n) is 2.26. The van der Waals surface area contributed by atoms with Crippen LogP contribution in [0.15, 0.2) is 30.5 Å². The maximum Gasteiger partial charge on any atom is 0.253 e. The minimum absolute atomic E-state index is 0.00333. The monoisotopic (exact) mass is 244 g/mol. The van der Waals surface area contributed by atoms with Crippen LogP contribution in [0.2, 0.25) is 0 Å². The summed E-state index contributed by atoms with van der Waals surface area (Å²) in [5.74, 6) is 0.449. The molecule has 2 N–H and O–H groups in total. The van der Waals surface area contributed by atoms with Crippen molar-refractivity contribution < 1.29 is 4.79 Å². The number of H-pyrrole nitrogens is 1. The van der Waals surface area contributed by atoms with Gasteiger partial charge in [0.2, 0.25) is 0 Å². The number of hydrogen-bond donors (Lipinski definition) is 2. The number of carbonyl (C=O) groups is 1. The van der Waals surface area contributed by atoms with Crippen LogP contribution in [0.3, 0.4) is 0 Å². The molecule has 96 valence electrons. The molecule has 1 atom stereocenters. The number of amides is 1. The molecule has 0 aliphatic rings. The second kappa shape index (κ2) is 5.25. The van der Waals surface area contributed by atoms with E-state index in [9.17, 15) is 4.79 Å². The van der Waals surface area contributed by atoms with Gasteiger partial charge in [0.1, 0.15) is 0 Å². The van der Waals surface area contributed by atoms with Gasteiger partial charge in [-0.05, 0) is 24.5 Å². The number of hydrogen-bond acceptors (Lipinski definition) is 1. The Morgan fingerprint density at radius 1 is 1.33 bits per heavy atom. The molecule has 1 heterocycles. The van der Waals surface area contributed by atoms with Crippen LogP contribution in [0.25, 0.3) is 10.9 Å². The number of carbonyl (C=O) groups excluding carboxylic acids is 1. The molecule has 3 nitrogen and oxygen atoms in total. The number of rotatable bonds is 4. The molecule has 0 fully saturated rings. The summed E-state index contributed by atoms with van der Waals surface area (Å²) in [6, 6.07) is 7.99.